The van der Waals surface area contributed by atoms with Crippen LogP contribution in [0.2, 0.25) is 5.02 Å². The van der Waals surface area contributed by atoms with Gasteiger partial charge in [-0.05, 0) is 47.5 Å². The standard InChI is InChI=1S/C30H27ClN2O4S/c1-36-25-17-24(18-26(19-25)37-2)33-30(35)29(21-6-4-3-5-7-21)38-27-14-12-23(13-15-27)32-28(34)16-20-8-10-22(31)11-9-20/h3-15,17-19,29H,16H2,1-2H3,(H,32,34)(H,33,35). The van der Waals surface area contributed by atoms with E-state index in [-0.39, 0.29) is 18.2 Å². The summed E-state index contributed by atoms with van der Waals surface area (Å²) < 4.78 is 10.6. The molecule has 0 aliphatic rings. The molecule has 2 amide bonds. The Morgan fingerprint density at radius 2 is 1.42 bits per heavy atom. The highest BCUT2D eigenvalue weighted by Crippen LogP contribution is 2.37. The molecule has 0 saturated carbocycles. The largest absolute Gasteiger partial charge is 0.497 e. The molecule has 38 heavy (non-hydrogen) atoms. The van der Waals surface area contributed by atoms with E-state index in [9.17, 15) is 9.59 Å². The van der Waals surface area contributed by atoms with Gasteiger partial charge in [0.05, 0.1) is 20.6 Å². The van der Waals surface area contributed by atoms with E-state index >= 15 is 0 Å². The van der Waals surface area contributed by atoms with Gasteiger partial charge in [0.2, 0.25) is 11.8 Å². The molecule has 4 rings (SSSR count). The van der Waals surface area contributed by atoms with Gasteiger partial charge < -0.3 is 20.1 Å². The molecule has 0 fully saturated rings. The number of carbonyl (C=O) groups excluding carboxylic acids is 2. The number of amides is 2. The number of nitrogens with one attached hydrogen (secondary N) is 2. The SMILES string of the molecule is COc1cc(NC(=O)C(Sc2ccc(NC(=O)Cc3ccc(Cl)cc3)cc2)c2ccccc2)cc(OC)c1. The van der Waals surface area contributed by atoms with Crippen molar-refractivity contribution >= 4 is 46.6 Å². The molecule has 8 heteroatoms. The van der Waals surface area contributed by atoms with E-state index in [0.717, 1.165) is 16.0 Å². The van der Waals surface area contributed by atoms with Crippen molar-refractivity contribution in [2.45, 2.75) is 16.6 Å². The van der Waals surface area contributed by atoms with E-state index in [1.165, 1.54) is 11.8 Å². The molecule has 4 aromatic rings. The third-order valence-electron chi connectivity index (χ3n) is 5.63. The Labute approximate surface area is 231 Å². The summed E-state index contributed by atoms with van der Waals surface area (Å²) >= 11 is 7.34. The topological polar surface area (TPSA) is 76.7 Å². The maximum Gasteiger partial charge on any atom is 0.242 e. The van der Waals surface area contributed by atoms with E-state index in [2.05, 4.69) is 10.6 Å². The molecule has 0 saturated heterocycles. The van der Waals surface area contributed by atoms with Crippen molar-refractivity contribution in [3.8, 4) is 11.5 Å². The van der Waals surface area contributed by atoms with Gasteiger partial charge in [0.1, 0.15) is 16.7 Å². The van der Waals surface area contributed by atoms with Crippen LogP contribution in [0.1, 0.15) is 16.4 Å². The average molecular weight is 547 g/mol. The second-order valence-corrected chi connectivity index (χ2v) is 9.99. The zero-order valence-electron chi connectivity index (χ0n) is 20.9. The number of carbonyl (C=O) groups is 2. The fourth-order valence-corrected chi connectivity index (χ4v) is 4.88. The number of anilines is 2. The van der Waals surface area contributed by atoms with Crippen LogP contribution < -0.4 is 20.1 Å². The van der Waals surface area contributed by atoms with Crippen LogP contribution in [-0.2, 0) is 16.0 Å². The molecule has 4 aromatic carbocycles. The van der Waals surface area contributed by atoms with Gasteiger partial charge >= 0.3 is 0 Å². The zero-order chi connectivity index (χ0) is 26.9. The summed E-state index contributed by atoms with van der Waals surface area (Å²) in [5.74, 6) is 0.856. The van der Waals surface area contributed by atoms with Crippen LogP contribution >= 0.6 is 23.4 Å². The minimum absolute atomic E-state index is 0.122. The second-order valence-electron chi connectivity index (χ2n) is 8.37. The summed E-state index contributed by atoms with van der Waals surface area (Å²) in [5.41, 5.74) is 3.00. The number of ether oxygens (including phenoxy) is 2. The Kier molecular flexibility index (Phi) is 9.30. The summed E-state index contributed by atoms with van der Waals surface area (Å²) in [6.45, 7) is 0. The van der Waals surface area contributed by atoms with Gasteiger partial charge in [-0.15, -0.1) is 11.8 Å². The van der Waals surface area contributed by atoms with Gasteiger partial charge in [0.15, 0.2) is 0 Å². The molecular weight excluding hydrogens is 520 g/mol. The number of thioether (sulfide) groups is 1. The molecule has 194 valence electrons. The monoisotopic (exact) mass is 546 g/mol. The highest BCUT2D eigenvalue weighted by molar-refractivity contribution is 8.00. The summed E-state index contributed by atoms with van der Waals surface area (Å²) in [5, 5.41) is 6.02. The van der Waals surface area contributed by atoms with Crippen LogP contribution in [0.4, 0.5) is 11.4 Å². The van der Waals surface area contributed by atoms with Crippen molar-refractivity contribution in [3.05, 3.63) is 113 Å². The van der Waals surface area contributed by atoms with E-state index in [1.54, 1.807) is 44.6 Å². The van der Waals surface area contributed by atoms with Crippen LogP contribution in [0, 0.1) is 0 Å². The fraction of sp³-hybridized carbons (Fsp3) is 0.133. The van der Waals surface area contributed by atoms with Crippen molar-refractivity contribution in [2.24, 2.45) is 0 Å². The number of rotatable bonds is 10. The van der Waals surface area contributed by atoms with Crippen LogP contribution in [0.3, 0.4) is 0 Å². The number of halogens is 1. The third kappa shape index (κ3) is 7.54. The predicted octanol–water partition coefficient (Wildman–Crippen LogP) is 7.01. The molecule has 6 nitrogen and oxygen atoms in total. The predicted molar refractivity (Wildman–Crippen MR) is 153 cm³/mol. The molecule has 0 aromatic heterocycles. The smallest absolute Gasteiger partial charge is 0.242 e. The Morgan fingerprint density at radius 3 is 2.03 bits per heavy atom. The lowest BCUT2D eigenvalue weighted by Crippen LogP contribution is -2.19. The van der Waals surface area contributed by atoms with Gasteiger partial charge in [0.25, 0.3) is 0 Å². The van der Waals surface area contributed by atoms with Gasteiger partial charge in [-0.2, -0.15) is 0 Å². The van der Waals surface area contributed by atoms with Crippen molar-refractivity contribution in [1.82, 2.24) is 0 Å². The minimum Gasteiger partial charge on any atom is -0.497 e. The first-order chi connectivity index (χ1) is 18.4. The maximum atomic E-state index is 13.4. The number of methoxy groups -OCH3 is 2. The second kappa shape index (κ2) is 13.0. The lowest BCUT2D eigenvalue weighted by atomic mass is 10.1. The van der Waals surface area contributed by atoms with Gasteiger partial charge in [-0.1, -0.05) is 54.1 Å². The highest BCUT2D eigenvalue weighted by Gasteiger charge is 2.23. The third-order valence-corrected chi connectivity index (χ3v) is 7.15. The molecular formula is C30H27ClN2O4S. The van der Waals surface area contributed by atoms with E-state index in [0.29, 0.717) is 27.9 Å². The zero-order valence-corrected chi connectivity index (χ0v) is 22.5. The molecule has 0 bridgehead atoms. The van der Waals surface area contributed by atoms with Crippen LogP contribution in [0.15, 0.2) is 102 Å². The number of hydrogen-bond donors (Lipinski definition) is 2. The molecule has 0 spiro atoms. The van der Waals surface area contributed by atoms with Crippen molar-refractivity contribution in [1.29, 1.82) is 0 Å². The summed E-state index contributed by atoms with van der Waals surface area (Å²) in [6.07, 6.45) is 0.249. The molecule has 0 heterocycles. The highest BCUT2D eigenvalue weighted by atomic mass is 35.5. The van der Waals surface area contributed by atoms with Crippen molar-refractivity contribution < 1.29 is 19.1 Å². The first-order valence-corrected chi connectivity index (χ1v) is 13.1. The maximum absolute atomic E-state index is 13.4. The summed E-state index contributed by atoms with van der Waals surface area (Å²) in [4.78, 5) is 26.8. The molecule has 2 N–H and O–H groups in total. The fourth-order valence-electron chi connectivity index (χ4n) is 3.73. The van der Waals surface area contributed by atoms with Crippen LogP contribution in [0.25, 0.3) is 0 Å². The average Bonchev–Trinajstić information content (AvgIpc) is 2.94. The van der Waals surface area contributed by atoms with E-state index < -0.39 is 5.25 Å². The van der Waals surface area contributed by atoms with Crippen LogP contribution in [0.5, 0.6) is 11.5 Å². The molecule has 1 atom stereocenters. The lowest BCUT2D eigenvalue weighted by Gasteiger charge is -2.18. The van der Waals surface area contributed by atoms with Crippen molar-refractivity contribution in [2.75, 3.05) is 24.9 Å². The van der Waals surface area contributed by atoms with Crippen molar-refractivity contribution in [3.63, 3.8) is 0 Å². The Hall–Kier alpha value is -3.94. The minimum atomic E-state index is -0.515. The number of hydrogen-bond acceptors (Lipinski definition) is 5. The number of benzene rings is 4. The van der Waals surface area contributed by atoms with E-state index in [4.69, 9.17) is 21.1 Å². The van der Waals surface area contributed by atoms with Crippen LogP contribution in [-0.4, -0.2) is 26.0 Å². The molecule has 0 aliphatic heterocycles. The quantitative estimate of drug-likeness (QED) is 0.209. The first-order valence-electron chi connectivity index (χ1n) is 11.8. The first kappa shape index (κ1) is 27.1. The van der Waals surface area contributed by atoms with Gasteiger partial charge in [0, 0.05) is 39.5 Å². The van der Waals surface area contributed by atoms with Gasteiger partial charge in [-0.25, -0.2) is 0 Å². The Morgan fingerprint density at radius 1 is 0.789 bits per heavy atom. The molecule has 0 radical (unpaired) electrons. The summed E-state index contributed by atoms with van der Waals surface area (Å²) in [7, 11) is 3.12. The Balaban J connectivity index is 1.46. The normalized spacial score (nSPS) is 11.3. The summed E-state index contributed by atoms with van der Waals surface area (Å²) in [6, 6.07) is 29.4. The molecule has 1 unspecified atom stereocenters. The van der Waals surface area contributed by atoms with Gasteiger partial charge in [-0.3, -0.25) is 9.59 Å². The lowest BCUT2D eigenvalue weighted by molar-refractivity contribution is -0.116. The molecule has 0 aliphatic carbocycles. The van der Waals surface area contributed by atoms with E-state index in [1.807, 2.05) is 66.7 Å². The Bertz CT molecular complexity index is 1360.